The molecule has 3 rings (SSSR count). The zero-order valence-corrected chi connectivity index (χ0v) is 15.3. The molecular formula is C18H18BrN3O3. The standard InChI is InChI=1S/C18H18BrN3O3/c1-24-18-14(19)8-9-15(21-18)17(20)22-25-10-16(23)13-6-4-12(5-7-13)11-2-3-11/h4-9,11H,2-3,10H2,1H3,(H2,20,22). The Kier molecular flexibility index (Phi) is 5.33. The zero-order chi connectivity index (χ0) is 17.8. The first-order valence-corrected chi connectivity index (χ1v) is 8.67. The molecule has 1 heterocycles. The molecule has 1 aliphatic carbocycles. The van der Waals surface area contributed by atoms with Gasteiger partial charge in [-0.3, -0.25) is 4.79 Å². The fourth-order valence-corrected chi connectivity index (χ4v) is 2.74. The smallest absolute Gasteiger partial charge is 0.228 e. The molecule has 2 aromatic rings. The maximum Gasteiger partial charge on any atom is 0.228 e. The summed E-state index contributed by atoms with van der Waals surface area (Å²) in [6.07, 6.45) is 2.47. The van der Waals surface area contributed by atoms with Gasteiger partial charge in [-0.25, -0.2) is 4.98 Å². The summed E-state index contributed by atoms with van der Waals surface area (Å²) in [6, 6.07) is 11.1. The van der Waals surface area contributed by atoms with Crippen molar-refractivity contribution in [3.8, 4) is 5.88 Å². The highest BCUT2D eigenvalue weighted by atomic mass is 79.9. The highest BCUT2D eigenvalue weighted by molar-refractivity contribution is 9.10. The SMILES string of the molecule is COc1nc(/C(N)=N/OCC(=O)c2ccc(C3CC3)cc2)ccc1Br. The number of Topliss-reactive ketones (excluding diaryl/α,β-unsaturated/α-hetero) is 1. The lowest BCUT2D eigenvalue weighted by atomic mass is 10.1. The van der Waals surface area contributed by atoms with Gasteiger partial charge >= 0.3 is 0 Å². The molecule has 1 saturated carbocycles. The Balaban J connectivity index is 1.58. The molecule has 1 aromatic carbocycles. The largest absolute Gasteiger partial charge is 0.480 e. The Morgan fingerprint density at radius 1 is 1.28 bits per heavy atom. The van der Waals surface area contributed by atoms with Crippen LogP contribution in [0.3, 0.4) is 0 Å². The molecule has 2 N–H and O–H groups in total. The third kappa shape index (κ3) is 4.36. The molecule has 0 bridgehead atoms. The molecular weight excluding hydrogens is 386 g/mol. The molecule has 0 amide bonds. The number of ketones is 1. The quantitative estimate of drug-likeness (QED) is 0.331. The van der Waals surface area contributed by atoms with Gasteiger partial charge in [-0.1, -0.05) is 29.4 Å². The van der Waals surface area contributed by atoms with E-state index < -0.39 is 0 Å². The zero-order valence-electron chi connectivity index (χ0n) is 13.7. The maximum atomic E-state index is 12.1. The number of carbonyl (C=O) groups excluding carboxylic acids is 1. The van der Waals surface area contributed by atoms with Crippen molar-refractivity contribution in [2.45, 2.75) is 18.8 Å². The van der Waals surface area contributed by atoms with Gasteiger partial charge in [0.05, 0.1) is 11.6 Å². The van der Waals surface area contributed by atoms with Gasteiger partial charge in [0, 0.05) is 5.56 Å². The van der Waals surface area contributed by atoms with Gasteiger partial charge < -0.3 is 15.3 Å². The lowest BCUT2D eigenvalue weighted by molar-refractivity contribution is 0.0775. The molecule has 7 heteroatoms. The number of hydrogen-bond acceptors (Lipinski definition) is 5. The Morgan fingerprint density at radius 2 is 2.00 bits per heavy atom. The number of amidine groups is 1. The second kappa shape index (κ2) is 7.65. The summed E-state index contributed by atoms with van der Waals surface area (Å²) in [5, 5.41) is 3.76. The van der Waals surface area contributed by atoms with Crippen LogP contribution in [0.4, 0.5) is 0 Å². The first kappa shape index (κ1) is 17.4. The molecule has 1 aromatic heterocycles. The van der Waals surface area contributed by atoms with E-state index in [1.807, 2.05) is 24.3 Å². The van der Waals surface area contributed by atoms with Crippen LogP contribution in [-0.4, -0.2) is 30.3 Å². The minimum absolute atomic E-state index is 0.0719. The molecule has 130 valence electrons. The Morgan fingerprint density at radius 3 is 2.64 bits per heavy atom. The van der Waals surface area contributed by atoms with E-state index in [4.69, 9.17) is 15.3 Å². The molecule has 1 fully saturated rings. The predicted molar refractivity (Wildman–Crippen MR) is 97.9 cm³/mol. The van der Waals surface area contributed by atoms with E-state index in [2.05, 4.69) is 26.1 Å². The number of pyridine rings is 1. The van der Waals surface area contributed by atoms with Gasteiger partial charge in [0.2, 0.25) is 11.7 Å². The minimum atomic E-state index is -0.183. The van der Waals surface area contributed by atoms with Crippen molar-refractivity contribution >= 4 is 27.5 Å². The topological polar surface area (TPSA) is 86.8 Å². The third-order valence-corrected chi connectivity index (χ3v) is 4.51. The second-order valence-electron chi connectivity index (χ2n) is 5.76. The van der Waals surface area contributed by atoms with E-state index in [1.54, 1.807) is 12.1 Å². The number of ether oxygens (including phenoxy) is 1. The lowest BCUT2D eigenvalue weighted by Gasteiger charge is -2.05. The second-order valence-corrected chi connectivity index (χ2v) is 6.61. The average molecular weight is 404 g/mol. The van der Waals surface area contributed by atoms with Gasteiger partial charge in [-0.05, 0) is 52.4 Å². The summed E-state index contributed by atoms with van der Waals surface area (Å²) in [5.74, 6) is 0.977. The fraction of sp³-hybridized carbons (Fsp3) is 0.278. The van der Waals surface area contributed by atoms with E-state index in [0.29, 0.717) is 27.5 Å². The number of hydrogen-bond donors (Lipinski definition) is 1. The molecule has 0 saturated heterocycles. The maximum absolute atomic E-state index is 12.1. The number of benzene rings is 1. The lowest BCUT2D eigenvalue weighted by Crippen LogP contribution is -2.17. The van der Waals surface area contributed by atoms with E-state index in [0.717, 1.165) is 0 Å². The van der Waals surface area contributed by atoms with Gasteiger partial charge in [0.25, 0.3) is 0 Å². The summed E-state index contributed by atoms with van der Waals surface area (Å²) in [7, 11) is 1.51. The molecule has 25 heavy (non-hydrogen) atoms. The van der Waals surface area contributed by atoms with E-state index in [1.165, 1.54) is 25.5 Å². The van der Waals surface area contributed by atoms with Crippen LogP contribution < -0.4 is 10.5 Å². The van der Waals surface area contributed by atoms with Gasteiger partial charge in [-0.15, -0.1) is 0 Å². The van der Waals surface area contributed by atoms with Crippen LogP contribution in [0.25, 0.3) is 0 Å². The number of rotatable bonds is 7. The van der Waals surface area contributed by atoms with Crippen LogP contribution in [0.2, 0.25) is 0 Å². The van der Waals surface area contributed by atoms with Crippen LogP contribution in [0.5, 0.6) is 5.88 Å². The Hall–Kier alpha value is -2.41. The molecule has 0 atom stereocenters. The monoisotopic (exact) mass is 403 g/mol. The summed E-state index contributed by atoms with van der Waals surface area (Å²) < 4.78 is 5.81. The minimum Gasteiger partial charge on any atom is -0.480 e. The van der Waals surface area contributed by atoms with Crippen LogP contribution in [0, 0.1) is 0 Å². The highest BCUT2D eigenvalue weighted by Crippen LogP contribution is 2.39. The van der Waals surface area contributed by atoms with Crippen molar-refractivity contribution in [1.29, 1.82) is 0 Å². The Bertz CT molecular complexity index is 802. The molecule has 0 aliphatic heterocycles. The van der Waals surface area contributed by atoms with Crippen molar-refractivity contribution in [3.05, 3.63) is 57.7 Å². The number of nitrogens with zero attached hydrogens (tertiary/aromatic N) is 2. The summed E-state index contributed by atoms with van der Waals surface area (Å²) in [5.41, 5.74) is 8.12. The van der Waals surface area contributed by atoms with Crippen LogP contribution >= 0.6 is 15.9 Å². The normalized spacial score (nSPS) is 14.2. The molecule has 0 spiro atoms. The van der Waals surface area contributed by atoms with Crippen molar-refractivity contribution in [2.75, 3.05) is 13.7 Å². The number of nitrogens with two attached hydrogens (primary N) is 1. The van der Waals surface area contributed by atoms with E-state index >= 15 is 0 Å². The van der Waals surface area contributed by atoms with Gasteiger partial charge in [-0.2, -0.15) is 0 Å². The van der Waals surface area contributed by atoms with E-state index in [9.17, 15) is 4.79 Å². The Labute approximate surface area is 154 Å². The number of methoxy groups -OCH3 is 1. The van der Waals surface area contributed by atoms with Crippen LogP contribution in [0.1, 0.15) is 40.4 Å². The number of carbonyl (C=O) groups is 1. The van der Waals surface area contributed by atoms with E-state index in [-0.39, 0.29) is 18.2 Å². The van der Waals surface area contributed by atoms with Gasteiger partial charge in [0.1, 0.15) is 5.69 Å². The fourth-order valence-electron chi connectivity index (χ4n) is 2.36. The summed E-state index contributed by atoms with van der Waals surface area (Å²) in [4.78, 5) is 21.4. The predicted octanol–water partition coefficient (Wildman–Crippen LogP) is 3.25. The molecule has 0 radical (unpaired) electrons. The molecule has 0 unspecified atom stereocenters. The van der Waals surface area contributed by atoms with Crippen molar-refractivity contribution in [1.82, 2.24) is 4.98 Å². The third-order valence-electron chi connectivity index (χ3n) is 3.91. The summed E-state index contributed by atoms with van der Waals surface area (Å²) in [6.45, 7) is -0.183. The first-order chi connectivity index (χ1) is 12.1. The van der Waals surface area contributed by atoms with Crippen molar-refractivity contribution in [2.24, 2.45) is 10.9 Å². The molecule has 6 nitrogen and oxygen atoms in total. The van der Waals surface area contributed by atoms with Crippen LogP contribution in [-0.2, 0) is 4.84 Å². The summed E-state index contributed by atoms with van der Waals surface area (Å²) >= 11 is 3.31. The average Bonchev–Trinajstić information content (AvgIpc) is 3.47. The molecule has 1 aliphatic rings. The highest BCUT2D eigenvalue weighted by Gasteiger charge is 2.23. The first-order valence-electron chi connectivity index (χ1n) is 7.88. The van der Waals surface area contributed by atoms with Crippen molar-refractivity contribution < 1.29 is 14.4 Å². The van der Waals surface area contributed by atoms with Crippen molar-refractivity contribution in [3.63, 3.8) is 0 Å². The number of oxime groups is 1. The van der Waals surface area contributed by atoms with Gasteiger partial charge in [0.15, 0.2) is 12.4 Å². The number of aromatic nitrogens is 1. The number of halogens is 1. The van der Waals surface area contributed by atoms with Crippen LogP contribution in [0.15, 0.2) is 46.0 Å².